The number of amides is 1. The first kappa shape index (κ1) is 25.8. The summed E-state index contributed by atoms with van der Waals surface area (Å²) >= 11 is 0. The molecule has 2 N–H and O–H groups in total. The van der Waals surface area contributed by atoms with E-state index >= 15 is 0 Å². The molecular formula is C24H31N3O6S2. The summed E-state index contributed by atoms with van der Waals surface area (Å²) in [5.74, 6) is -0.474. The van der Waals surface area contributed by atoms with Crippen LogP contribution in [0, 0.1) is 0 Å². The highest BCUT2D eigenvalue weighted by atomic mass is 32.2. The van der Waals surface area contributed by atoms with Crippen molar-refractivity contribution in [3.05, 3.63) is 54.6 Å². The van der Waals surface area contributed by atoms with E-state index < -0.39 is 26.0 Å². The van der Waals surface area contributed by atoms with E-state index in [-0.39, 0.29) is 35.0 Å². The van der Waals surface area contributed by atoms with Gasteiger partial charge in [-0.05, 0) is 62.1 Å². The Hall–Kier alpha value is -2.31. The van der Waals surface area contributed by atoms with Gasteiger partial charge in [-0.15, -0.1) is 0 Å². The topological polar surface area (TPSA) is 122 Å². The molecule has 9 nitrogen and oxygen atoms in total. The maximum atomic E-state index is 13.5. The van der Waals surface area contributed by atoms with Gasteiger partial charge in [0.05, 0.1) is 22.4 Å². The second kappa shape index (κ2) is 11.2. The minimum absolute atomic E-state index is 0.0100. The van der Waals surface area contributed by atoms with Crippen LogP contribution in [0.25, 0.3) is 0 Å². The molecule has 2 aliphatic rings. The number of benzene rings is 2. The second-order valence-electron chi connectivity index (χ2n) is 8.92. The van der Waals surface area contributed by atoms with Crippen LogP contribution in [0.3, 0.4) is 0 Å². The molecule has 2 aromatic rings. The Morgan fingerprint density at radius 1 is 0.886 bits per heavy atom. The van der Waals surface area contributed by atoms with E-state index in [1.54, 1.807) is 24.3 Å². The van der Waals surface area contributed by atoms with Gasteiger partial charge in [-0.3, -0.25) is 4.79 Å². The van der Waals surface area contributed by atoms with Crippen LogP contribution < -0.4 is 10.0 Å². The Morgan fingerprint density at radius 3 is 2.17 bits per heavy atom. The van der Waals surface area contributed by atoms with Crippen LogP contribution in [0.2, 0.25) is 0 Å². The fourth-order valence-electron chi connectivity index (χ4n) is 4.42. The van der Waals surface area contributed by atoms with Crippen molar-refractivity contribution in [2.75, 3.05) is 25.0 Å². The summed E-state index contributed by atoms with van der Waals surface area (Å²) < 4.78 is 61.7. The van der Waals surface area contributed by atoms with Crippen molar-refractivity contribution >= 4 is 31.6 Å². The molecule has 1 aliphatic heterocycles. The molecule has 1 amide bonds. The molecule has 1 saturated carbocycles. The lowest BCUT2D eigenvalue weighted by atomic mass is 10.2. The van der Waals surface area contributed by atoms with Crippen LogP contribution in [-0.4, -0.2) is 58.9 Å². The molecule has 1 heterocycles. The third kappa shape index (κ3) is 6.68. The van der Waals surface area contributed by atoms with E-state index in [4.69, 9.17) is 4.74 Å². The number of hydrogen-bond acceptors (Lipinski definition) is 6. The number of nitrogens with zero attached hydrogens (tertiary/aromatic N) is 1. The average molecular weight is 522 g/mol. The zero-order valence-corrected chi connectivity index (χ0v) is 21.1. The summed E-state index contributed by atoms with van der Waals surface area (Å²) in [7, 11) is -7.82. The lowest BCUT2D eigenvalue weighted by molar-refractivity contribution is -0.116. The highest BCUT2D eigenvalue weighted by Crippen LogP contribution is 2.24. The third-order valence-electron chi connectivity index (χ3n) is 6.26. The number of hydrogen-bond donors (Lipinski definition) is 2. The number of rotatable bonds is 10. The zero-order chi connectivity index (χ0) is 24.9. The lowest BCUT2D eigenvalue weighted by Gasteiger charge is -2.24. The van der Waals surface area contributed by atoms with Crippen molar-refractivity contribution in [2.24, 2.45) is 0 Å². The van der Waals surface area contributed by atoms with Crippen LogP contribution in [0.15, 0.2) is 64.4 Å². The Bertz CT molecular complexity index is 1210. The Kier molecular flexibility index (Phi) is 8.23. The second-order valence-corrected chi connectivity index (χ2v) is 12.6. The number of para-hydroxylation sites is 1. The number of nitrogens with one attached hydrogen (secondary N) is 2. The highest BCUT2D eigenvalue weighted by molar-refractivity contribution is 7.89. The van der Waals surface area contributed by atoms with Crippen LogP contribution in [0.1, 0.15) is 38.5 Å². The molecule has 1 aliphatic carbocycles. The first-order chi connectivity index (χ1) is 16.7. The number of carbonyl (C=O) groups excluding carboxylic acids is 1. The van der Waals surface area contributed by atoms with Gasteiger partial charge in [-0.1, -0.05) is 31.0 Å². The van der Waals surface area contributed by atoms with E-state index in [1.165, 1.54) is 24.3 Å². The number of sulfonamides is 2. The van der Waals surface area contributed by atoms with Crippen LogP contribution in [0.5, 0.6) is 0 Å². The van der Waals surface area contributed by atoms with Crippen LogP contribution in [0.4, 0.5) is 5.69 Å². The molecule has 1 saturated heterocycles. The maximum absolute atomic E-state index is 13.5. The smallest absolute Gasteiger partial charge is 0.243 e. The number of ether oxygens (including phenoxy) is 1. The molecule has 2 fully saturated rings. The SMILES string of the molecule is O=C(CN(C[C@@H]1CCCO1)S(=O)(=O)c1ccc(S(=O)(=O)NC2CCCC2)cc1)Nc1ccccc1. The quantitative estimate of drug-likeness (QED) is 0.496. The molecule has 0 bridgehead atoms. The third-order valence-corrected chi connectivity index (χ3v) is 9.62. The van der Waals surface area contributed by atoms with Gasteiger partial charge >= 0.3 is 0 Å². The van der Waals surface area contributed by atoms with Gasteiger partial charge in [0, 0.05) is 24.9 Å². The fourth-order valence-corrected chi connectivity index (χ4v) is 7.15. The van der Waals surface area contributed by atoms with Crippen molar-refractivity contribution in [3.8, 4) is 0 Å². The number of anilines is 1. The summed E-state index contributed by atoms with van der Waals surface area (Å²) in [5, 5.41) is 2.71. The Labute approximate surface area is 207 Å². The standard InChI is InChI=1S/C24H31N3O6S2/c28-24(25-19-7-2-1-3-8-19)18-27(17-21-11-6-16-33-21)35(31,32)23-14-12-22(13-15-23)34(29,30)26-20-9-4-5-10-20/h1-3,7-8,12-15,20-21,26H,4-6,9-11,16-18H2,(H,25,28)/t21-/m0/s1. The molecule has 0 unspecified atom stereocenters. The van der Waals surface area contributed by atoms with Gasteiger partial charge in [-0.25, -0.2) is 21.6 Å². The monoisotopic (exact) mass is 521 g/mol. The predicted octanol–water partition coefficient (Wildman–Crippen LogP) is 2.72. The zero-order valence-electron chi connectivity index (χ0n) is 19.4. The molecule has 2 aromatic carbocycles. The summed E-state index contributed by atoms with van der Waals surface area (Å²) in [6.07, 6.45) is 4.81. The van der Waals surface area contributed by atoms with Crippen molar-refractivity contribution in [2.45, 2.75) is 60.5 Å². The summed E-state index contributed by atoms with van der Waals surface area (Å²) in [6.45, 7) is 0.198. The van der Waals surface area contributed by atoms with E-state index in [0.717, 1.165) is 36.4 Å². The first-order valence-corrected chi connectivity index (χ1v) is 14.8. The summed E-state index contributed by atoms with van der Waals surface area (Å²) in [5.41, 5.74) is 0.566. The molecule has 35 heavy (non-hydrogen) atoms. The Morgan fingerprint density at radius 2 is 1.54 bits per heavy atom. The summed E-state index contributed by atoms with van der Waals surface area (Å²) in [4.78, 5) is 12.6. The van der Waals surface area contributed by atoms with E-state index in [2.05, 4.69) is 10.0 Å². The molecule has 0 radical (unpaired) electrons. The Balaban J connectivity index is 1.51. The fraction of sp³-hybridized carbons (Fsp3) is 0.458. The molecular weight excluding hydrogens is 490 g/mol. The van der Waals surface area contributed by atoms with E-state index in [9.17, 15) is 21.6 Å². The minimum atomic E-state index is -4.08. The minimum Gasteiger partial charge on any atom is -0.377 e. The van der Waals surface area contributed by atoms with Crippen LogP contribution in [-0.2, 0) is 29.6 Å². The average Bonchev–Trinajstić information content (AvgIpc) is 3.53. The number of carbonyl (C=O) groups is 1. The van der Waals surface area contributed by atoms with Gasteiger partial charge in [0.1, 0.15) is 0 Å². The molecule has 11 heteroatoms. The van der Waals surface area contributed by atoms with Gasteiger partial charge < -0.3 is 10.1 Å². The molecule has 190 valence electrons. The van der Waals surface area contributed by atoms with Gasteiger partial charge in [0.2, 0.25) is 26.0 Å². The van der Waals surface area contributed by atoms with Crippen molar-refractivity contribution in [1.82, 2.24) is 9.03 Å². The normalized spacial score (nSPS) is 19.3. The summed E-state index contributed by atoms with van der Waals surface area (Å²) in [6, 6.07) is 13.8. The largest absolute Gasteiger partial charge is 0.377 e. The van der Waals surface area contributed by atoms with Gasteiger partial charge in [0.25, 0.3) is 0 Å². The first-order valence-electron chi connectivity index (χ1n) is 11.8. The molecule has 4 rings (SSSR count). The van der Waals surface area contributed by atoms with Crippen LogP contribution >= 0.6 is 0 Å². The molecule has 0 spiro atoms. The van der Waals surface area contributed by atoms with Crippen molar-refractivity contribution in [3.63, 3.8) is 0 Å². The molecule has 1 atom stereocenters. The van der Waals surface area contributed by atoms with E-state index in [0.29, 0.717) is 18.7 Å². The highest BCUT2D eigenvalue weighted by Gasteiger charge is 2.31. The van der Waals surface area contributed by atoms with Gasteiger partial charge in [0.15, 0.2) is 0 Å². The molecule has 0 aromatic heterocycles. The maximum Gasteiger partial charge on any atom is 0.243 e. The van der Waals surface area contributed by atoms with E-state index in [1.807, 2.05) is 6.07 Å². The lowest BCUT2D eigenvalue weighted by Crippen LogP contribution is -2.42. The van der Waals surface area contributed by atoms with Gasteiger partial charge in [-0.2, -0.15) is 4.31 Å². The van der Waals surface area contributed by atoms with Crippen molar-refractivity contribution in [1.29, 1.82) is 0 Å². The predicted molar refractivity (Wildman–Crippen MR) is 132 cm³/mol. The van der Waals surface area contributed by atoms with Crippen molar-refractivity contribution < 1.29 is 26.4 Å².